The predicted octanol–water partition coefficient (Wildman–Crippen LogP) is 6.18. The highest BCUT2D eigenvalue weighted by Crippen LogP contribution is 2.38. The summed E-state index contributed by atoms with van der Waals surface area (Å²) < 4.78 is 8.45. The van der Waals surface area contributed by atoms with Gasteiger partial charge in [-0.2, -0.15) is 15.3 Å². The Morgan fingerprint density at radius 2 is 1.70 bits per heavy atom. The van der Waals surface area contributed by atoms with Crippen LogP contribution in [-0.2, 0) is 22.7 Å². The van der Waals surface area contributed by atoms with Crippen molar-refractivity contribution in [1.29, 1.82) is 0 Å². The van der Waals surface area contributed by atoms with Gasteiger partial charge in [-0.1, -0.05) is 32.9 Å². The van der Waals surface area contributed by atoms with Crippen LogP contribution in [0.15, 0.2) is 54.6 Å². The molecule has 10 heteroatoms. The van der Waals surface area contributed by atoms with E-state index >= 15 is 0 Å². The SMILES string of the molecule is CCn1nc(-c2ccc(CN3CC(C)CC3=O)c(Oc3ccc(-c4ccc(C(C)C)nn4)cc3)c2)nc1C1CC(=O)N(C2CC2)C1. The summed E-state index contributed by atoms with van der Waals surface area (Å²) in [7, 11) is 0. The van der Waals surface area contributed by atoms with Crippen LogP contribution in [0.25, 0.3) is 22.6 Å². The number of rotatable bonds is 10. The molecule has 2 aromatic heterocycles. The fraction of sp³-hybridized carbons (Fsp3) is 0.444. The largest absolute Gasteiger partial charge is 0.457 e. The molecule has 1 aliphatic carbocycles. The van der Waals surface area contributed by atoms with E-state index in [0.717, 1.165) is 53.3 Å². The molecule has 4 heterocycles. The number of carbonyl (C=O) groups is 2. The van der Waals surface area contributed by atoms with Crippen molar-refractivity contribution in [2.75, 3.05) is 13.1 Å². The molecule has 2 amide bonds. The predicted molar refractivity (Wildman–Crippen MR) is 174 cm³/mol. The zero-order valence-corrected chi connectivity index (χ0v) is 27.0. The number of hydrogen-bond acceptors (Lipinski definition) is 7. The smallest absolute Gasteiger partial charge is 0.223 e. The molecule has 10 nitrogen and oxygen atoms in total. The summed E-state index contributed by atoms with van der Waals surface area (Å²) in [6.07, 6.45) is 3.25. The van der Waals surface area contributed by atoms with Crippen molar-refractivity contribution >= 4 is 11.8 Å². The topological polar surface area (TPSA) is 106 Å². The van der Waals surface area contributed by atoms with E-state index in [1.807, 2.05) is 69.1 Å². The highest BCUT2D eigenvalue weighted by Gasteiger charge is 2.41. The van der Waals surface area contributed by atoms with Crippen molar-refractivity contribution in [3.63, 3.8) is 0 Å². The van der Waals surface area contributed by atoms with Gasteiger partial charge in [0, 0.05) is 67.7 Å². The Hall–Kier alpha value is -4.60. The van der Waals surface area contributed by atoms with Gasteiger partial charge in [0.1, 0.15) is 17.3 Å². The second-order valence-electron chi connectivity index (χ2n) is 13.3. The van der Waals surface area contributed by atoms with Crippen molar-refractivity contribution in [3.05, 3.63) is 71.7 Å². The molecule has 2 aliphatic heterocycles. The van der Waals surface area contributed by atoms with Gasteiger partial charge in [-0.3, -0.25) is 9.59 Å². The lowest BCUT2D eigenvalue weighted by Crippen LogP contribution is -2.27. The molecule has 0 radical (unpaired) electrons. The zero-order valence-electron chi connectivity index (χ0n) is 27.0. The number of carbonyl (C=O) groups excluding carboxylic acids is 2. The molecule has 0 spiro atoms. The third kappa shape index (κ3) is 6.12. The summed E-state index contributed by atoms with van der Waals surface area (Å²) in [5, 5.41) is 13.6. The van der Waals surface area contributed by atoms with Crippen molar-refractivity contribution in [3.8, 4) is 34.1 Å². The molecule has 0 bridgehead atoms. The summed E-state index contributed by atoms with van der Waals surface area (Å²) in [5.74, 6) is 3.87. The number of aromatic nitrogens is 5. The molecular weight excluding hydrogens is 578 g/mol. The minimum atomic E-state index is 0.0391. The molecule has 7 rings (SSSR count). The van der Waals surface area contributed by atoms with Crippen LogP contribution in [0.2, 0.25) is 0 Å². The normalized spacial score (nSPS) is 19.9. The van der Waals surface area contributed by atoms with Crippen LogP contribution in [0.3, 0.4) is 0 Å². The molecule has 2 unspecified atom stereocenters. The Balaban J connectivity index is 1.17. The second-order valence-corrected chi connectivity index (χ2v) is 13.3. The van der Waals surface area contributed by atoms with Gasteiger partial charge in [0.25, 0.3) is 0 Å². The van der Waals surface area contributed by atoms with E-state index in [-0.39, 0.29) is 17.7 Å². The van der Waals surface area contributed by atoms with Gasteiger partial charge < -0.3 is 14.5 Å². The van der Waals surface area contributed by atoms with Gasteiger partial charge in [-0.25, -0.2) is 9.67 Å². The van der Waals surface area contributed by atoms with E-state index in [4.69, 9.17) is 14.8 Å². The number of nitrogens with zero attached hydrogens (tertiary/aromatic N) is 7. The average molecular weight is 620 g/mol. The molecule has 2 aromatic carbocycles. The maximum atomic E-state index is 12.7. The van der Waals surface area contributed by atoms with Crippen LogP contribution in [0.1, 0.15) is 82.3 Å². The lowest BCUT2D eigenvalue weighted by molar-refractivity contribution is -0.129. The van der Waals surface area contributed by atoms with Gasteiger partial charge in [-0.05, 0) is 74.1 Å². The molecule has 2 atom stereocenters. The third-order valence-electron chi connectivity index (χ3n) is 9.26. The average Bonchev–Trinajstić information content (AvgIpc) is 3.55. The van der Waals surface area contributed by atoms with Crippen molar-refractivity contribution in [2.45, 2.75) is 84.3 Å². The van der Waals surface area contributed by atoms with Crippen molar-refractivity contribution in [1.82, 2.24) is 34.8 Å². The van der Waals surface area contributed by atoms with E-state index in [1.54, 1.807) is 0 Å². The molecule has 3 fully saturated rings. The van der Waals surface area contributed by atoms with Crippen LogP contribution in [0, 0.1) is 5.92 Å². The number of benzene rings is 2. The summed E-state index contributed by atoms with van der Waals surface area (Å²) in [6, 6.07) is 18.2. The van der Waals surface area contributed by atoms with E-state index in [1.165, 1.54) is 0 Å². The quantitative estimate of drug-likeness (QED) is 0.209. The van der Waals surface area contributed by atoms with E-state index in [0.29, 0.717) is 67.7 Å². The van der Waals surface area contributed by atoms with Crippen molar-refractivity contribution < 1.29 is 14.3 Å². The molecule has 238 valence electrons. The number of amides is 2. The summed E-state index contributed by atoms with van der Waals surface area (Å²) in [4.78, 5) is 34.3. The van der Waals surface area contributed by atoms with Crippen LogP contribution in [0.4, 0.5) is 0 Å². The Kier molecular flexibility index (Phi) is 8.04. The second kappa shape index (κ2) is 12.3. The fourth-order valence-electron chi connectivity index (χ4n) is 6.53. The minimum absolute atomic E-state index is 0.0391. The van der Waals surface area contributed by atoms with Gasteiger partial charge in [0.05, 0.1) is 11.4 Å². The van der Waals surface area contributed by atoms with Crippen LogP contribution < -0.4 is 4.74 Å². The first-order valence-corrected chi connectivity index (χ1v) is 16.5. The third-order valence-corrected chi connectivity index (χ3v) is 9.26. The highest BCUT2D eigenvalue weighted by molar-refractivity contribution is 5.80. The van der Waals surface area contributed by atoms with Gasteiger partial charge in [-0.15, -0.1) is 0 Å². The molecule has 3 aliphatic rings. The zero-order chi connectivity index (χ0) is 31.9. The van der Waals surface area contributed by atoms with Gasteiger partial charge in [0.15, 0.2) is 5.82 Å². The van der Waals surface area contributed by atoms with Crippen LogP contribution >= 0.6 is 0 Å². The maximum absolute atomic E-state index is 12.7. The highest BCUT2D eigenvalue weighted by atomic mass is 16.5. The standard InChI is InChI=1S/C36H41N7O3/c1-5-43-36(27-18-34(45)42(21-27)28-10-11-28)37-35(40-43)25-6-7-26(20-41-19-23(4)16-33(41)44)32(17-25)46-29-12-8-24(9-13-29)31-15-14-30(22(2)3)38-39-31/h6-9,12-15,17,22-23,27-28H,5,10-11,16,18-21H2,1-4H3. The van der Waals surface area contributed by atoms with Crippen molar-refractivity contribution in [2.24, 2.45) is 5.92 Å². The summed E-state index contributed by atoms with van der Waals surface area (Å²) >= 11 is 0. The van der Waals surface area contributed by atoms with Crippen LogP contribution in [0.5, 0.6) is 11.5 Å². The molecule has 4 aromatic rings. The molecule has 46 heavy (non-hydrogen) atoms. The monoisotopic (exact) mass is 619 g/mol. The van der Waals surface area contributed by atoms with Gasteiger partial charge in [0.2, 0.25) is 11.8 Å². The number of likely N-dealkylation sites (tertiary alicyclic amines) is 2. The Labute approximate surface area is 269 Å². The Morgan fingerprint density at radius 1 is 0.913 bits per heavy atom. The minimum Gasteiger partial charge on any atom is -0.457 e. The summed E-state index contributed by atoms with van der Waals surface area (Å²) in [5.41, 5.74) is 4.46. The fourth-order valence-corrected chi connectivity index (χ4v) is 6.53. The number of hydrogen-bond donors (Lipinski definition) is 0. The number of aryl methyl sites for hydroxylation is 1. The lowest BCUT2D eigenvalue weighted by Gasteiger charge is -2.19. The van der Waals surface area contributed by atoms with E-state index < -0.39 is 0 Å². The molecule has 1 saturated carbocycles. The molecular formula is C36H41N7O3. The molecule has 0 N–H and O–H groups in total. The first-order chi connectivity index (χ1) is 22.2. The first kappa shape index (κ1) is 30.1. The van der Waals surface area contributed by atoms with Crippen LogP contribution in [-0.4, -0.2) is 65.7 Å². The lowest BCUT2D eigenvalue weighted by atomic mass is 10.1. The maximum Gasteiger partial charge on any atom is 0.223 e. The van der Waals surface area contributed by atoms with E-state index in [2.05, 4.69) is 37.9 Å². The van der Waals surface area contributed by atoms with Gasteiger partial charge >= 0.3 is 0 Å². The summed E-state index contributed by atoms with van der Waals surface area (Å²) in [6.45, 7) is 10.9. The first-order valence-electron chi connectivity index (χ1n) is 16.5. The Bertz CT molecular complexity index is 1740. The number of ether oxygens (including phenoxy) is 1. The Morgan fingerprint density at radius 3 is 2.35 bits per heavy atom. The van der Waals surface area contributed by atoms with E-state index in [9.17, 15) is 9.59 Å². The molecule has 2 saturated heterocycles.